The van der Waals surface area contributed by atoms with Crippen molar-refractivity contribution in [3.05, 3.63) is 28.7 Å². The van der Waals surface area contributed by atoms with Crippen LogP contribution in [-0.4, -0.2) is 24.1 Å². The van der Waals surface area contributed by atoms with Crippen LogP contribution < -0.4 is 21.1 Å². The lowest BCUT2D eigenvalue weighted by Gasteiger charge is -2.10. The first-order valence-corrected chi connectivity index (χ1v) is 6.34. The van der Waals surface area contributed by atoms with Gasteiger partial charge >= 0.3 is 0 Å². The summed E-state index contributed by atoms with van der Waals surface area (Å²) < 4.78 is 6.11. The number of benzene rings is 1. The maximum Gasteiger partial charge on any atom is 0.223 e. The second-order valence-electron chi connectivity index (χ2n) is 3.75. The first kappa shape index (κ1) is 13.4. The molecule has 0 aliphatic heterocycles. The summed E-state index contributed by atoms with van der Waals surface area (Å²) in [7, 11) is 3.39. The quantitative estimate of drug-likeness (QED) is 0.802. The molecule has 1 aromatic heterocycles. The van der Waals surface area contributed by atoms with Crippen molar-refractivity contribution in [1.82, 2.24) is 9.97 Å². The number of halogens is 1. The lowest BCUT2D eigenvalue weighted by Crippen LogP contribution is -2.03. The number of aromatic nitrogens is 2. The summed E-state index contributed by atoms with van der Waals surface area (Å²) in [6.07, 6.45) is 0. The number of rotatable bonds is 4. The Hall–Kier alpha value is -2.02. The molecule has 0 bridgehead atoms. The van der Waals surface area contributed by atoms with Gasteiger partial charge in [0, 0.05) is 29.3 Å². The Morgan fingerprint density at radius 1 is 1.16 bits per heavy atom. The van der Waals surface area contributed by atoms with Crippen LogP contribution in [0.25, 0.3) is 0 Å². The summed E-state index contributed by atoms with van der Waals surface area (Å²) in [5, 5.41) is 6.08. The predicted octanol–water partition coefficient (Wildman–Crippen LogP) is 2.62. The maximum absolute atomic E-state index is 5.64. The van der Waals surface area contributed by atoms with Gasteiger partial charge in [-0.2, -0.15) is 9.97 Å². The van der Waals surface area contributed by atoms with Gasteiger partial charge < -0.3 is 21.1 Å². The number of hydrogen-bond acceptors (Lipinski definition) is 6. The molecule has 7 heteroatoms. The highest BCUT2D eigenvalue weighted by Gasteiger charge is 2.04. The van der Waals surface area contributed by atoms with Crippen LogP contribution in [0.1, 0.15) is 0 Å². The molecule has 0 unspecified atom stereocenters. The Morgan fingerprint density at radius 2 is 1.89 bits per heavy atom. The zero-order valence-corrected chi connectivity index (χ0v) is 12.2. The van der Waals surface area contributed by atoms with Crippen LogP contribution in [0.15, 0.2) is 28.7 Å². The van der Waals surface area contributed by atoms with Crippen molar-refractivity contribution >= 4 is 39.2 Å². The molecular formula is C12H14BrN5O. The van der Waals surface area contributed by atoms with Gasteiger partial charge in [-0.15, -0.1) is 0 Å². The molecule has 0 spiro atoms. The van der Waals surface area contributed by atoms with E-state index in [0.717, 1.165) is 15.9 Å². The van der Waals surface area contributed by atoms with Crippen LogP contribution in [0.5, 0.6) is 5.75 Å². The van der Waals surface area contributed by atoms with E-state index in [2.05, 4.69) is 36.5 Å². The van der Waals surface area contributed by atoms with Crippen molar-refractivity contribution < 1.29 is 4.74 Å². The van der Waals surface area contributed by atoms with E-state index in [4.69, 9.17) is 10.5 Å². The molecule has 6 nitrogen and oxygen atoms in total. The van der Waals surface area contributed by atoms with Crippen LogP contribution in [0, 0.1) is 0 Å². The zero-order valence-electron chi connectivity index (χ0n) is 10.6. The van der Waals surface area contributed by atoms with Gasteiger partial charge in [-0.1, -0.05) is 15.9 Å². The number of methoxy groups -OCH3 is 1. The van der Waals surface area contributed by atoms with E-state index in [1.54, 1.807) is 20.2 Å². The van der Waals surface area contributed by atoms with Gasteiger partial charge in [0.25, 0.3) is 0 Å². The average molecular weight is 324 g/mol. The lowest BCUT2D eigenvalue weighted by molar-refractivity contribution is 0.415. The summed E-state index contributed by atoms with van der Waals surface area (Å²) in [6.45, 7) is 0. The topological polar surface area (TPSA) is 85.1 Å². The second-order valence-corrected chi connectivity index (χ2v) is 4.67. The van der Waals surface area contributed by atoms with Crippen molar-refractivity contribution in [1.29, 1.82) is 0 Å². The van der Waals surface area contributed by atoms with E-state index < -0.39 is 0 Å². The van der Waals surface area contributed by atoms with E-state index in [1.807, 2.05) is 18.2 Å². The number of hydrogen-bond donors (Lipinski definition) is 3. The molecule has 0 atom stereocenters. The first-order chi connectivity index (χ1) is 9.10. The average Bonchev–Trinajstić information content (AvgIpc) is 2.37. The molecule has 0 fully saturated rings. The van der Waals surface area contributed by atoms with Crippen LogP contribution in [0.2, 0.25) is 0 Å². The highest BCUT2D eigenvalue weighted by Crippen LogP contribution is 2.27. The summed E-state index contributed by atoms with van der Waals surface area (Å²) in [6, 6.07) is 7.42. The SMILES string of the molecule is CNc1cc(Nc2cc(Br)cc(OC)c2)nc(N)n1. The Balaban J connectivity index is 2.30. The van der Waals surface area contributed by atoms with E-state index in [0.29, 0.717) is 11.6 Å². The van der Waals surface area contributed by atoms with Crippen molar-refractivity contribution in [3.63, 3.8) is 0 Å². The van der Waals surface area contributed by atoms with Gasteiger partial charge in [-0.05, 0) is 12.1 Å². The van der Waals surface area contributed by atoms with Gasteiger partial charge in [0.05, 0.1) is 7.11 Å². The molecule has 1 heterocycles. The van der Waals surface area contributed by atoms with Crippen molar-refractivity contribution in [2.45, 2.75) is 0 Å². The van der Waals surface area contributed by atoms with Gasteiger partial charge in [0.2, 0.25) is 5.95 Å². The molecule has 2 aromatic rings. The fourth-order valence-corrected chi connectivity index (χ4v) is 2.03. The molecule has 1 aromatic carbocycles. The minimum atomic E-state index is 0.205. The molecule has 19 heavy (non-hydrogen) atoms. The van der Waals surface area contributed by atoms with Crippen LogP contribution in [0.4, 0.5) is 23.3 Å². The summed E-state index contributed by atoms with van der Waals surface area (Å²) in [5.74, 6) is 2.21. The Bertz CT molecular complexity index is 539. The predicted molar refractivity (Wildman–Crippen MR) is 80.0 cm³/mol. The number of nitrogen functional groups attached to an aromatic ring is 1. The number of ether oxygens (including phenoxy) is 1. The monoisotopic (exact) mass is 323 g/mol. The Labute approximate surface area is 119 Å². The third-order valence-corrected chi connectivity index (χ3v) is 2.84. The van der Waals surface area contributed by atoms with Crippen LogP contribution in [-0.2, 0) is 0 Å². The first-order valence-electron chi connectivity index (χ1n) is 5.54. The van der Waals surface area contributed by atoms with E-state index >= 15 is 0 Å². The molecule has 0 amide bonds. The summed E-state index contributed by atoms with van der Waals surface area (Å²) in [4.78, 5) is 8.15. The van der Waals surface area contributed by atoms with E-state index in [9.17, 15) is 0 Å². The van der Waals surface area contributed by atoms with Gasteiger partial charge in [0.1, 0.15) is 17.4 Å². The van der Waals surface area contributed by atoms with Crippen molar-refractivity contribution in [2.75, 3.05) is 30.5 Å². The number of nitrogens with one attached hydrogen (secondary N) is 2. The highest BCUT2D eigenvalue weighted by atomic mass is 79.9. The van der Waals surface area contributed by atoms with Crippen LogP contribution >= 0.6 is 15.9 Å². The fourth-order valence-electron chi connectivity index (χ4n) is 1.56. The van der Waals surface area contributed by atoms with E-state index in [1.165, 1.54) is 0 Å². The third kappa shape index (κ3) is 3.47. The summed E-state index contributed by atoms with van der Waals surface area (Å²) in [5.41, 5.74) is 6.48. The normalized spacial score (nSPS) is 10.1. The highest BCUT2D eigenvalue weighted by molar-refractivity contribution is 9.10. The Morgan fingerprint density at radius 3 is 2.58 bits per heavy atom. The van der Waals surface area contributed by atoms with Crippen molar-refractivity contribution in [3.8, 4) is 5.75 Å². The maximum atomic E-state index is 5.64. The number of nitrogens with zero attached hydrogens (tertiary/aromatic N) is 2. The second kappa shape index (κ2) is 5.75. The minimum absolute atomic E-state index is 0.205. The lowest BCUT2D eigenvalue weighted by atomic mass is 10.3. The zero-order chi connectivity index (χ0) is 13.8. The van der Waals surface area contributed by atoms with Crippen LogP contribution in [0.3, 0.4) is 0 Å². The molecular weight excluding hydrogens is 310 g/mol. The van der Waals surface area contributed by atoms with Gasteiger partial charge in [-0.25, -0.2) is 0 Å². The minimum Gasteiger partial charge on any atom is -0.497 e. The fraction of sp³-hybridized carbons (Fsp3) is 0.167. The van der Waals surface area contributed by atoms with E-state index in [-0.39, 0.29) is 5.95 Å². The smallest absolute Gasteiger partial charge is 0.223 e. The van der Waals surface area contributed by atoms with Gasteiger partial charge in [0.15, 0.2) is 0 Å². The third-order valence-electron chi connectivity index (χ3n) is 2.38. The molecule has 0 saturated heterocycles. The molecule has 0 radical (unpaired) electrons. The van der Waals surface area contributed by atoms with Crippen molar-refractivity contribution in [2.24, 2.45) is 0 Å². The molecule has 0 aliphatic rings. The molecule has 4 N–H and O–H groups in total. The molecule has 2 rings (SSSR count). The summed E-state index contributed by atoms with van der Waals surface area (Å²) >= 11 is 3.42. The number of nitrogens with two attached hydrogens (primary N) is 1. The standard InChI is InChI=1S/C12H14BrN5O/c1-15-10-6-11(18-12(14)17-10)16-8-3-7(13)4-9(5-8)19-2/h3-6H,1-2H3,(H4,14,15,16,17,18). The van der Waals surface area contributed by atoms with Gasteiger partial charge in [-0.3, -0.25) is 0 Å². The molecule has 100 valence electrons. The molecule has 0 aliphatic carbocycles. The number of anilines is 4. The Kier molecular flexibility index (Phi) is 4.06. The largest absolute Gasteiger partial charge is 0.497 e. The molecule has 0 saturated carbocycles.